The normalized spacial score (nSPS) is 17.3. The molecule has 0 aliphatic carbocycles. The summed E-state index contributed by atoms with van der Waals surface area (Å²) in [5, 5.41) is 2.46. The summed E-state index contributed by atoms with van der Waals surface area (Å²) in [7, 11) is -4.15. The van der Waals surface area contributed by atoms with E-state index in [4.69, 9.17) is 0 Å². The number of thiophene rings is 1. The number of benzene rings is 1. The first-order chi connectivity index (χ1) is 10.2. The molecule has 2 aromatic rings. The van der Waals surface area contributed by atoms with Gasteiger partial charge < -0.3 is 4.55 Å². The molecule has 1 aliphatic heterocycles. The SMILES string of the molecule is CC1=[N+](CCCS(=O)(=O)[O-])c2sc3ccccc3c2C1(C)C. The van der Waals surface area contributed by atoms with Gasteiger partial charge in [0.15, 0.2) is 12.3 Å². The van der Waals surface area contributed by atoms with Crippen LogP contribution in [0.15, 0.2) is 24.3 Å². The highest BCUT2D eigenvalue weighted by Crippen LogP contribution is 2.49. The van der Waals surface area contributed by atoms with Gasteiger partial charge in [-0.15, -0.1) is 0 Å². The maximum Gasteiger partial charge on any atom is 0.266 e. The fraction of sp³-hybridized carbons (Fsp3) is 0.438. The summed E-state index contributed by atoms with van der Waals surface area (Å²) in [5.41, 5.74) is 2.45. The molecule has 22 heavy (non-hydrogen) atoms. The largest absolute Gasteiger partial charge is 0.748 e. The van der Waals surface area contributed by atoms with Crippen LogP contribution in [0.2, 0.25) is 0 Å². The molecule has 0 radical (unpaired) electrons. The number of hydrogen-bond acceptors (Lipinski definition) is 4. The van der Waals surface area contributed by atoms with Crippen LogP contribution in [0, 0.1) is 0 Å². The van der Waals surface area contributed by atoms with E-state index in [1.807, 2.05) is 12.1 Å². The summed E-state index contributed by atoms with van der Waals surface area (Å²) in [6.45, 7) is 7.05. The van der Waals surface area contributed by atoms with E-state index in [2.05, 4.69) is 37.5 Å². The van der Waals surface area contributed by atoms with Crippen molar-refractivity contribution >= 4 is 42.3 Å². The van der Waals surface area contributed by atoms with E-state index >= 15 is 0 Å². The second kappa shape index (κ2) is 5.15. The highest BCUT2D eigenvalue weighted by atomic mass is 32.2. The molecule has 0 bridgehead atoms. The van der Waals surface area contributed by atoms with Gasteiger partial charge in [0.25, 0.3) is 5.00 Å². The van der Waals surface area contributed by atoms with E-state index in [1.54, 1.807) is 11.3 Å². The molecule has 4 nitrogen and oxygen atoms in total. The minimum absolute atomic E-state index is 0.0781. The first-order valence-corrected chi connectivity index (χ1v) is 9.68. The Kier molecular flexibility index (Phi) is 3.66. The molecule has 0 amide bonds. The first kappa shape index (κ1) is 15.6. The lowest BCUT2D eigenvalue weighted by Gasteiger charge is -2.15. The number of fused-ring (bicyclic) bond motifs is 3. The maximum atomic E-state index is 10.8. The van der Waals surface area contributed by atoms with Gasteiger partial charge in [-0.25, -0.2) is 8.42 Å². The molecule has 3 rings (SSSR count). The highest BCUT2D eigenvalue weighted by Gasteiger charge is 2.45. The minimum atomic E-state index is -4.15. The van der Waals surface area contributed by atoms with Crippen LogP contribution in [0.5, 0.6) is 0 Å². The zero-order chi connectivity index (χ0) is 16.1. The molecule has 6 heteroatoms. The molecule has 0 spiro atoms. The van der Waals surface area contributed by atoms with Crippen LogP contribution in [0.1, 0.15) is 32.8 Å². The molecule has 118 valence electrons. The van der Waals surface area contributed by atoms with E-state index in [0.717, 1.165) is 0 Å². The smallest absolute Gasteiger partial charge is 0.266 e. The van der Waals surface area contributed by atoms with Gasteiger partial charge in [0.05, 0.1) is 21.1 Å². The van der Waals surface area contributed by atoms with Gasteiger partial charge in [-0.1, -0.05) is 29.5 Å². The molecule has 0 atom stereocenters. The molecule has 1 aliphatic rings. The van der Waals surface area contributed by atoms with E-state index in [9.17, 15) is 13.0 Å². The molecule has 1 aromatic heterocycles. The van der Waals surface area contributed by atoms with E-state index in [-0.39, 0.29) is 11.2 Å². The van der Waals surface area contributed by atoms with E-state index < -0.39 is 10.1 Å². The zero-order valence-electron chi connectivity index (χ0n) is 12.9. The van der Waals surface area contributed by atoms with Crippen LogP contribution >= 0.6 is 11.3 Å². The Labute approximate surface area is 134 Å². The molecule has 0 saturated carbocycles. The predicted octanol–water partition coefficient (Wildman–Crippen LogP) is 3.23. The minimum Gasteiger partial charge on any atom is -0.748 e. The fourth-order valence-corrected chi connectivity index (χ4v) is 5.09. The lowest BCUT2D eigenvalue weighted by Crippen LogP contribution is -2.27. The van der Waals surface area contributed by atoms with Gasteiger partial charge in [-0.05, 0) is 19.9 Å². The van der Waals surface area contributed by atoms with Crippen LogP contribution in [-0.2, 0) is 15.5 Å². The van der Waals surface area contributed by atoms with Crippen molar-refractivity contribution < 1.29 is 17.5 Å². The van der Waals surface area contributed by atoms with Crippen molar-refractivity contribution in [2.45, 2.75) is 32.6 Å². The molecular formula is C16H19NO3S2. The molecule has 0 N–H and O–H groups in total. The Morgan fingerprint density at radius 2 is 1.95 bits per heavy atom. The molecule has 2 heterocycles. The van der Waals surface area contributed by atoms with Crippen molar-refractivity contribution in [3.05, 3.63) is 29.8 Å². The monoisotopic (exact) mass is 337 g/mol. The van der Waals surface area contributed by atoms with Crippen LogP contribution in [0.3, 0.4) is 0 Å². The number of hydrogen-bond donors (Lipinski definition) is 0. The van der Waals surface area contributed by atoms with Crippen LogP contribution in [0.4, 0.5) is 5.00 Å². The van der Waals surface area contributed by atoms with Gasteiger partial charge in [-0.3, -0.25) is 0 Å². The average molecular weight is 337 g/mol. The Balaban J connectivity index is 2.03. The third kappa shape index (κ3) is 2.49. The Bertz CT molecular complexity index is 876. The quantitative estimate of drug-likeness (QED) is 0.636. The second-order valence-electron chi connectivity index (χ2n) is 6.26. The maximum absolute atomic E-state index is 10.8. The Hall–Kier alpha value is -1.24. The first-order valence-electron chi connectivity index (χ1n) is 7.29. The average Bonchev–Trinajstić information content (AvgIpc) is 2.88. The lowest BCUT2D eigenvalue weighted by molar-refractivity contribution is -0.434. The highest BCUT2D eigenvalue weighted by molar-refractivity contribution is 7.85. The van der Waals surface area contributed by atoms with Crippen molar-refractivity contribution in [1.82, 2.24) is 0 Å². The molecular weight excluding hydrogens is 318 g/mol. The van der Waals surface area contributed by atoms with Crippen LogP contribution < -0.4 is 0 Å². The van der Waals surface area contributed by atoms with Crippen molar-refractivity contribution in [2.75, 3.05) is 12.3 Å². The molecule has 0 unspecified atom stereocenters. The summed E-state index contributed by atoms with van der Waals surface area (Å²) in [6, 6.07) is 8.34. The van der Waals surface area contributed by atoms with E-state index in [1.165, 1.54) is 26.4 Å². The fourth-order valence-electron chi connectivity index (χ4n) is 3.17. The molecule has 0 saturated heterocycles. The van der Waals surface area contributed by atoms with Crippen molar-refractivity contribution in [3.8, 4) is 0 Å². The second-order valence-corrected chi connectivity index (χ2v) is 8.81. The Morgan fingerprint density at radius 3 is 2.64 bits per heavy atom. The standard InChI is InChI=1S/C16H19NO3S2/c1-11-16(2,3)14-12-7-4-5-8-13(12)21-15(14)17(11)9-6-10-22(18,19)20/h4-5,7-8H,6,9-10H2,1-3H3. The van der Waals surface area contributed by atoms with Crippen molar-refractivity contribution in [1.29, 1.82) is 0 Å². The third-order valence-corrected chi connectivity index (χ3v) is 6.51. The summed E-state index contributed by atoms with van der Waals surface area (Å²) in [4.78, 5) is 0. The van der Waals surface area contributed by atoms with Crippen LogP contribution in [-0.4, -0.2) is 35.6 Å². The summed E-state index contributed by atoms with van der Waals surface area (Å²) < 4.78 is 35.9. The Morgan fingerprint density at radius 1 is 1.27 bits per heavy atom. The van der Waals surface area contributed by atoms with Gasteiger partial charge in [0, 0.05) is 29.2 Å². The van der Waals surface area contributed by atoms with Crippen LogP contribution in [0.25, 0.3) is 10.1 Å². The third-order valence-electron chi connectivity index (χ3n) is 4.53. The summed E-state index contributed by atoms with van der Waals surface area (Å²) >= 11 is 1.74. The lowest BCUT2D eigenvalue weighted by atomic mass is 9.82. The number of nitrogens with zero attached hydrogens (tertiary/aromatic N) is 1. The molecule has 1 aromatic carbocycles. The van der Waals surface area contributed by atoms with Gasteiger partial charge in [0.2, 0.25) is 0 Å². The zero-order valence-corrected chi connectivity index (χ0v) is 14.6. The van der Waals surface area contributed by atoms with Gasteiger partial charge in [0.1, 0.15) is 0 Å². The van der Waals surface area contributed by atoms with E-state index in [0.29, 0.717) is 13.0 Å². The van der Waals surface area contributed by atoms with Crippen molar-refractivity contribution in [3.63, 3.8) is 0 Å². The van der Waals surface area contributed by atoms with Crippen molar-refractivity contribution in [2.24, 2.45) is 0 Å². The van der Waals surface area contributed by atoms with Gasteiger partial charge >= 0.3 is 0 Å². The topological polar surface area (TPSA) is 60.2 Å². The predicted molar refractivity (Wildman–Crippen MR) is 89.5 cm³/mol. The molecule has 0 fully saturated rings. The summed E-state index contributed by atoms with van der Waals surface area (Å²) in [5.74, 6) is -0.308. The summed E-state index contributed by atoms with van der Waals surface area (Å²) in [6.07, 6.45) is 0.354. The number of rotatable bonds is 4. The van der Waals surface area contributed by atoms with Gasteiger partial charge in [-0.2, -0.15) is 4.58 Å².